The third-order valence-corrected chi connectivity index (χ3v) is 4.03. The van der Waals surface area contributed by atoms with E-state index in [1.54, 1.807) is 4.90 Å². The van der Waals surface area contributed by atoms with Gasteiger partial charge in [-0.1, -0.05) is 12.8 Å². The monoisotopic (exact) mass is 256 g/mol. The Labute approximate surface area is 106 Å². The number of amides is 1. The minimum absolute atomic E-state index is 0.0112. The standard InChI is InChI=1S/C12H20N2O4/c13-8-12(3-1-2-4-12)11(17)14-5-6-18-9(7-14)10(15)16/h9H,1-8,13H2,(H,15,16). The van der Waals surface area contributed by atoms with Crippen LogP contribution in [0.25, 0.3) is 0 Å². The first-order valence-electron chi connectivity index (χ1n) is 6.43. The van der Waals surface area contributed by atoms with Crippen LogP contribution in [0.15, 0.2) is 0 Å². The lowest BCUT2D eigenvalue weighted by Crippen LogP contribution is -2.54. The van der Waals surface area contributed by atoms with Crippen LogP contribution in [0, 0.1) is 5.41 Å². The zero-order valence-corrected chi connectivity index (χ0v) is 10.4. The summed E-state index contributed by atoms with van der Waals surface area (Å²) in [5.74, 6) is -1.00. The predicted octanol–water partition coefficient (Wildman–Crippen LogP) is -0.182. The van der Waals surface area contributed by atoms with E-state index < -0.39 is 17.5 Å². The van der Waals surface area contributed by atoms with Crippen molar-refractivity contribution in [3.63, 3.8) is 0 Å². The van der Waals surface area contributed by atoms with E-state index in [-0.39, 0.29) is 19.1 Å². The van der Waals surface area contributed by atoms with Crippen LogP contribution in [0.2, 0.25) is 0 Å². The number of carbonyl (C=O) groups excluding carboxylic acids is 1. The molecule has 1 saturated heterocycles. The van der Waals surface area contributed by atoms with E-state index in [0.29, 0.717) is 13.1 Å². The molecule has 1 heterocycles. The predicted molar refractivity (Wildman–Crippen MR) is 63.9 cm³/mol. The van der Waals surface area contributed by atoms with Gasteiger partial charge in [-0.25, -0.2) is 4.79 Å². The summed E-state index contributed by atoms with van der Waals surface area (Å²) < 4.78 is 5.12. The molecule has 2 fully saturated rings. The maximum Gasteiger partial charge on any atom is 0.334 e. The zero-order valence-electron chi connectivity index (χ0n) is 10.4. The molecule has 1 aliphatic heterocycles. The van der Waals surface area contributed by atoms with E-state index in [0.717, 1.165) is 25.7 Å². The van der Waals surface area contributed by atoms with Crippen LogP contribution in [0.1, 0.15) is 25.7 Å². The van der Waals surface area contributed by atoms with Gasteiger partial charge < -0.3 is 20.5 Å². The van der Waals surface area contributed by atoms with Crippen LogP contribution >= 0.6 is 0 Å². The molecule has 6 nitrogen and oxygen atoms in total. The Morgan fingerprint density at radius 3 is 2.61 bits per heavy atom. The number of hydrogen-bond acceptors (Lipinski definition) is 4. The molecule has 0 aromatic rings. The number of hydrogen-bond donors (Lipinski definition) is 2. The highest BCUT2D eigenvalue weighted by atomic mass is 16.5. The van der Waals surface area contributed by atoms with Crippen LogP contribution in [0.3, 0.4) is 0 Å². The lowest BCUT2D eigenvalue weighted by Gasteiger charge is -2.37. The fourth-order valence-electron chi connectivity index (χ4n) is 2.88. The Balaban J connectivity index is 2.06. The van der Waals surface area contributed by atoms with Crippen molar-refractivity contribution >= 4 is 11.9 Å². The van der Waals surface area contributed by atoms with Crippen molar-refractivity contribution in [2.24, 2.45) is 11.1 Å². The van der Waals surface area contributed by atoms with Crippen molar-refractivity contribution in [3.8, 4) is 0 Å². The van der Waals surface area contributed by atoms with Crippen molar-refractivity contribution < 1.29 is 19.4 Å². The second-order valence-electron chi connectivity index (χ2n) is 5.14. The summed E-state index contributed by atoms with van der Waals surface area (Å²) in [7, 11) is 0. The normalized spacial score (nSPS) is 27.2. The van der Waals surface area contributed by atoms with E-state index in [1.807, 2.05) is 0 Å². The van der Waals surface area contributed by atoms with Gasteiger partial charge >= 0.3 is 5.97 Å². The molecule has 0 bridgehead atoms. The molecule has 1 saturated carbocycles. The summed E-state index contributed by atoms with van der Waals surface area (Å²) in [6.07, 6.45) is 2.78. The topological polar surface area (TPSA) is 92.9 Å². The minimum Gasteiger partial charge on any atom is -0.479 e. The molecule has 2 rings (SSSR count). The smallest absolute Gasteiger partial charge is 0.334 e. The molecule has 1 atom stereocenters. The zero-order chi connectivity index (χ0) is 13.2. The van der Waals surface area contributed by atoms with Gasteiger partial charge in [0, 0.05) is 13.1 Å². The molecule has 1 aliphatic carbocycles. The molecule has 1 unspecified atom stereocenters. The average Bonchev–Trinajstić information content (AvgIpc) is 2.88. The molecule has 18 heavy (non-hydrogen) atoms. The molecular formula is C12H20N2O4. The summed E-state index contributed by atoms with van der Waals surface area (Å²) in [5.41, 5.74) is 5.32. The summed E-state index contributed by atoms with van der Waals surface area (Å²) in [5, 5.41) is 8.94. The number of carbonyl (C=O) groups is 2. The first-order valence-corrected chi connectivity index (χ1v) is 6.43. The second kappa shape index (κ2) is 5.24. The van der Waals surface area contributed by atoms with Gasteiger partial charge in [-0.2, -0.15) is 0 Å². The van der Waals surface area contributed by atoms with Crippen LogP contribution in [-0.2, 0) is 14.3 Å². The largest absolute Gasteiger partial charge is 0.479 e. The fraction of sp³-hybridized carbons (Fsp3) is 0.833. The second-order valence-corrected chi connectivity index (χ2v) is 5.14. The molecule has 2 aliphatic rings. The van der Waals surface area contributed by atoms with Gasteiger partial charge in [0.1, 0.15) is 0 Å². The lowest BCUT2D eigenvalue weighted by molar-refractivity contribution is -0.162. The van der Waals surface area contributed by atoms with E-state index in [4.69, 9.17) is 15.6 Å². The van der Waals surface area contributed by atoms with Crippen LogP contribution < -0.4 is 5.73 Å². The third kappa shape index (κ3) is 2.35. The van der Waals surface area contributed by atoms with Crippen molar-refractivity contribution in [2.45, 2.75) is 31.8 Å². The summed E-state index contributed by atoms with van der Waals surface area (Å²) in [6.45, 7) is 1.23. The van der Waals surface area contributed by atoms with E-state index in [2.05, 4.69) is 0 Å². The minimum atomic E-state index is -1.01. The molecule has 102 valence electrons. The molecule has 3 N–H and O–H groups in total. The van der Waals surface area contributed by atoms with E-state index in [1.165, 1.54) is 0 Å². The summed E-state index contributed by atoms with van der Waals surface area (Å²) in [6, 6.07) is 0. The van der Waals surface area contributed by atoms with Gasteiger partial charge in [-0.3, -0.25) is 4.79 Å². The SMILES string of the molecule is NCC1(C(=O)N2CCOC(C(=O)O)C2)CCCC1. The fourth-order valence-corrected chi connectivity index (χ4v) is 2.88. The maximum absolute atomic E-state index is 12.5. The Morgan fingerprint density at radius 1 is 1.39 bits per heavy atom. The maximum atomic E-state index is 12.5. The van der Waals surface area contributed by atoms with Crippen molar-refractivity contribution in [3.05, 3.63) is 0 Å². The molecule has 6 heteroatoms. The van der Waals surface area contributed by atoms with E-state index in [9.17, 15) is 9.59 Å². The van der Waals surface area contributed by atoms with Gasteiger partial charge in [0.15, 0.2) is 6.10 Å². The number of carboxylic acids is 1. The number of carboxylic acid groups (broad SMARTS) is 1. The summed E-state index contributed by atoms with van der Waals surface area (Å²) in [4.78, 5) is 25.0. The number of nitrogens with two attached hydrogens (primary N) is 1. The van der Waals surface area contributed by atoms with E-state index >= 15 is 0 Å². The molecule has 1 amide bonds. The van der Waals surface area contributed by atoms with Gasteiger partial charge in [-0.05, 0) is 12.8 Å². The van der Waals surface area contributed by atoms with Crippen LogP contribution in [0.5, 0.6) is 0 Å². The molecule has 0 spiro atoms. The third-order valence-electron chi connectivity index (χ3n) is 4.03. The van der Waals surface area contributed by atoms with Crippen LogP contribution in [0.4, 0.5) is 0 Å². The highest BCUT2D eigenvalue weighted by molar-refractivity contribution is 5.84. The Bertz CT molecular complexity index is 339. The Kier molecular flexibility index (Phi) is 3.87. The first kappa shape index (κ1) is 13.3. The van der Waals surface area contributed by atoms with Crippen LogP contribution in [-0.4, -0.2) is 54.2 Å². The number of ether oxygens (including phenoxy) is 1. The highest BCUT2D eigenvalue weighted by Crippen LogP contribution is 2.39. The number of rotatable bonds is 3. The number of morpholine rings is 1. The quantitative estimate of drug-likeness (QED) is 0.730. The van der Waals surface area contributed by atoms with Crippen molar-refractivity contribution in [1.29, 1.82) is 0 Å². The lowest BCUT2D eigenvalue weighted by atomic mass is 9.84. The van der Waals surface area contributed by atoms with Gasteiger partial charge in [0.25, 0.3) is 0 Å². The van der Waals surface area contributed by atoms with Gasteiger partial charge in [0.2, 0.25) is 5.91 Å². The molecule has 0 radical (unpaired) electrons. The summed E-state index contributed by atoms with van der Waals surface area (Å²) >= 11 is 0. The van der Waals surface area contributed by atoms with Crippen molar-refractivity contribution in [2.75, 3.05) is 26.2 Å². The van der Waals surface area contributed by atoms with Gasteiger partial charge in [0.05, 0.1) is 18.6 Å². The number of nitrogens with zero attached hydrogens (tertiary/aromatic N) is 1. The molecule has 0 aromatic carbocycles. The Morgan fingerprint density at radius 2 is 2.06 bits per heavy atom. The first-order chi connectivity index (χ1) is 8.59. The molecular weight excluding hydrogens is 236 g/mol. The van der Waals surface area contributed by atoms with Crippen molar-refractivity contribution in [1.82, 2.24) is 4.90 Å². The highest BCUT2D eigenvalue weighted by Gasteiger charge is 2.43. The Hall–Kier alpha value is -1.14. The number of aliphatic carboxylic acids is 1. The average molecular weight is 256 g/mol. The molecule has 0 aromatic heterocycles. The van der Waals surface area contributed by atoms with Gasteiger partial charge in [-0.15, -0.1) is 0 Å².